The second kappa shape index (κ2) is 8.86. The van der Waals surface area contributed by atoms with Gasteiger partial charge in [0.25, 0.3) is 0 Å². The fourth-order valence-electron chi connectivity index (χ4n) is 3.62. The average Bonchev–Trinajstić information content (AvgIpc) is 3.29. The third-order valence-corrected chi connectivity index (χ3v) is 5.26. The lowest BCUT2D eigenvalue weighted by atomic mass is 10.0. The molecular weight excluding hydrogens is 440 g/mol. The molecule has 0 aliphatic heterocycles. The predicted octanol–water partition coefficient (Wildman–Crippen LogP) is 5.55. The minimum absolute atomic E-state index is 0.331. The highest BCUT2D eigenvalue weighted by Gasteiger charge is 2.17. The Bertz CT molecular complexity index is 1490. The standard InChI is InChI=1S/C25H19F2N5O2/c1-14-29-12-18(34-14)13-30-25-19-8-17(15-5-6-20(26)21(27)9-15)10-22(33-2)23(19)31-24(32-25)16-4-3-7-28-11-16/h3-12H,13H2,1-2H3,(H,30,31,32). The van der Waals surface area contributed by atoms with Crippen molar-refractivity contribution in [3.05, 3.63) is 84.3 Å². The third-order valence-electron chi connectivity index (χ3n) is 5.26. The molecule has 0 aliphatic carbocycles. The Kier molecular flexibility index (Phi) is 5.59. The first-order chi connectivity index (χ1) is 16.5. The number of ether oxygens (including phenoxy) is 1. The summed E-state index contributed by atoms with van der Waals surface area (Å²) in [5.41, 5.74) is 2.40. The monoisotopic (exact) mass is 459 g/mol. The molecule has 3 heterocycles. The van der Waals surface area contributed by atoms with Crippen molar-refractivity contribution in [3.63, 3.8) is 0 Å². The zero-order valence-corrected chi connectivity index (χ0v) is 18.3. The van der Waals surface area contributed by atoms with E-state index >= 15 is 0 Å². The van der Waals surface area contributed by atoms with E-state index in [1.54, 1.807) is 37.6 Å². The van der Waals surface area contributed by atoms with E-state index < -0.39 is 11.6 Å². The summed E-state index contributed by atoms with van der Waals surface area (Å²) in [4.78, 5) is 17.7. The third kappa shape index (κ3) is 4.15. The predicted molar refractivity (Wildman–Crippen MR) is 123 cm³/mol. The normalized spacial score (nSPS) is 11.1. The lowest BCUT2D eigenvalue weighted by Crippen LogP contribution is -2.05. The van der Waals surface area contributed by atoms with Gasteiger partial charge < -0.3 is 14.5 Å². The Hall–Kier alpha value is -4.40. The maximum absolute atomic E-state index is 13.9. The number of hydrogen-bond donors (Lipinski definition) is 1. The number of hydrogen-bond acceptors (Lipinski definition) is 7. The van der Waals surface area contributed by atoms with Crippen molar-refractivity contribution in [2.45, 2.75) is 13.5 Å². The summed E-state index contributed by atoms with van der Waals surface area (Å²) >= 11 is 0. The van der Waals surface area contributed by atoms with Crippen molar-refractivity contribution in [1.82, 2.24) is 19.9 Å². The van der Waals surface area contributed by atoms with Gasteiger partial charge in [-0.1, -0.05) is 6.07 Å². The molecule has 5 aromatic rings. The van der Waals surface area contributed by atoms with E-state index in [0.717, 1.165) is 17.7 Å². The van der Waals surface area contributed by atoms with Crippen molar-refractivity contribution in [2.24, 2.45) is 0 Å². The number of nitrogens with one attached hydrogen (secondary N) is 1. The van der Waals surface area contributed by atoms with Gasteiger partial charge in [0, 0.05) is 30.3 Å². The van der Waals surface area contributed by atoms with Gasteiger partial charge in [-0.25, -0.2) is 23.7 Å². The van der Waals surface area contributed by atoms with Crippen molar-refractivity contribution in [3.8, 4) is 28.3 Å². The Morgan fingerprint density at radius 3 is 2.56 bits per heavy atom. The number of rotatable bonds is 6. The number of aromatic nitrogens is 4. The smallest absolute Gasteiger partial charge is 0.191 e. The van der Waals surface area contributed by atoms with Crippen LogP contribution in [0.1, 0.15) is 11.7 Å². The fraction of sp³-hybridized carbons (Fsp3) is 0.120. The van der Waals surface area contributed by atoms with Gasteiger partial charge in [0.15, 0.2) is 23.3 Å². The largest absolute Gasteiger partial charge is 0.494 e. The molecule has 0 amide bonds. The topological polar surface area (TPSA) is 86.0 Å². The maximum atomic E-state index is 13.9. The number of anilines is 1. The number of aryl methyl sites for hydroxylation is 1. The van der Waals surface area contributed by atoms with Crippen LogP contribution in [0.3, 0.4) is 0 Å². The maximum Gasteiger partial charge on any atom is 0.191 e. The van der Waals surface area contributed by atoms with Gasteiger partial charge in [-0.15, -0.1) is 0 Å². The molecule has 1 N–H and O–H groups in total. The first-order valence-corrected chi connectivity index (χ1v) is 10.4. The van der Waals surface area contributed by atoms with E-state index in [2.05, 4.69) is 15.3 Å². The van der Waals surface area contributed by atoms with E-state index in [4.69, 9.17) is 19.1 Å². The quantitative estimate of drug-likeness (QED) is 0.356. The van der Waals surface area contributed by atoms with Crippen LogP contribution < -0.4 is 10.1 Å². The van der Waals surface area contributed by atoms with E-state index in [1.807, 2.05) is 12.1 Å². The van der Waals surface area contributed by atoms with E-state index in [0.29, 0.717) is 57.6 Å². The average molecular weight is 459 g/mol. The summed E-state index contributed by atoms with van der Waals surface area (Å²) in [5.74, 6) is 0.780. The van der Waals surface area contributed by atoms with Crippen molar-refractivity contribution < 1.29 is 17.9 Å². The van der Waals surface area contributed by atoms with Gasteiger partial charge in [-0.3, -0.25) is 4.98 Å². The van der Waals surface area contributed by atoms with Crippen LogP contribution in [0, 0.1) is 18.6 Å². The molecule has 170 valence electrons. The van der Waals surface area contributed by atoms with Crippen molar-refractivity contribution in [2.75, 3.05) is 12.4 Å². The lowest BCUT2D eigenvalue weighted by Gasteiger charge is -2.14. The summed E-state index contributed by atoms with van der Waals surface area (Å²) < 4.78 is 38.6. The second-order valence-corrected chi connectivity index (χ2v) is 7.54. The number of benzene rings is 2. The minimum Gasteiger partial charge on any atom is -0.494 e. The molecular formula is C25H19F2N5O2. The number of pyridine rings is 1. The highest BCUT2D eigenvalue weighted by atomic mass is 19.2. The fourth-order valence-corrected chi connectivity index (χ4v) is 3.62. The molecule has 0 fully saturated rings. The van der Waals surface area contributed by atoms with Gasteiger partial charge in [-0.2, -0.15) is 0 Å². The summed E-state index contributed by atoms with van der Waals surface area (Å²) in [6.45, 7) is 2.10. The molecule has 0 spiro atoms. The van der Waals surface area contributed by atoms with Gasteiger partial charge in [-0.05, 0) is 47.5 Å². The summed E-state index contributed by atoms with van der Waals surface area (Å²) in [6.07, 6.45) is 4.98. The number of fused-ring (bicyclic) bond motifs is 1. The van der Waals surface area contributed by atoms with Crippen LogP contribution in [-0.4, -0.2) is 27.0 Å². The van der Waals surface area contributed by atoms with Crippen LogP contribution >= 0.6 is 0 Å². The molecule has 0 saturated heterocycles. The van der Waals surface area contributed by atoms with Crippen molar-refractivity contribution >= 4 is 16.7 Å². The molecule has 9 heteroatoms. The van der Waals surface area contributed by atoms with Crippen LogP contribution in [0.5, 0.6) is 5.75 Å². The van der Waals surface area contributed by atoms with Crippen LogP contribution in [0.25, 0.3) is 33.4 Å². The Labute approximate surface area is 193 Å². The van der Waals surface area contributed by atoms with Crippen LogP contribution in [0.15, 0.2) is 65.5 Å². The molecule has 0 bridgehead atoms. The van der Waals surface area contributed by atoms with Gasteiger partial charge in [0.1, 0.15) is 22.8 Å². The zero-order valence-electron chi connectivity index (χ0n) is 18.3. The molecule has 0 atom stereocenters. The van der Waals surface area contributed by atoms with Gasteiger partial charge in [0.2, 0.25) is 0 Å². The molecule has 34 heavy (non-hydrogen) atoms. The molecule has 5 rings (SSSR count). The van der Waals surface area contributed by atoms with Gasteiger partial charge in [0.05, 0.1) is 19.9 Å². The molecule has 0 unspecified atom stereocenters. The molecule has 0 aliphatic rings. The summed E-state index contributed by atoms with van der Waals surface area (Å²) in [5, 5.41) is 3.92. The highest BCUT2D eigenvalue weighted by Crippen LogP contribution is 2.36. The number of halogens is 2. The minimum atomic E-state index is -0.932. The molecule has 3 aromatic heterocycles. The summed E-state index contributed by atoms with van der Waals surface area (Å²) in [7, 11) is 1.53. The number of nitrogens with zero attached hydrogens (tertiary/aromatic N) is 4. The Morgan fingerprint density at radius 1 is 0.971 bits per heavy atom. The Morgan fingerprint density at radius 2 is 1.85 bits per heavy atom. The molecule has 0 radical (unpaired) electrons. The highest BCUT2D eigenvalue weighted by molar-refractivity contribution is 5.97. The zero-order chi connectivity index (χ0) is 23.7. The SMILES string of the molecule is COc1cc(-c2ccc(F)c(F)c2)cc2c(NCc3cnc(C)o3)nc(-c3cccnc3)nc12. The van der Waals surface area contributed by atoms with Crippen LogP contribution in [-0.2, 0) is 6.54 Å². The van der Waals surface area contributed by atoms with E-state index in [9.17, 15) is 8.78 Å². The van der Waals surface area contributed by atoms with Crippen LogP contribution in [0.2, 0.25) is 0 Å². The van der Waals surface area contributed by atoms with E-state index in [-0.39, 0.29) is 0 Å². The number of oxazole rings is 1. The second-order valence-electron chi connectivity index (χ2n) is 7.54. The molecule has 2 aromatic carbocycles. The number of methoxy groups -OCH3 is 1. The van der Waals surface area contributed by atoms with Gasteiger partial charge >= 0.3 is 0 Å². The first-order valence-electron chi connectivity index (χ1n) is 10.4. The lowest BCUT2D eigenvalue weighted by molar-refractivity contribution is 0.419. The molecule has 7 nitrogen and oxygen atoms in total. The van der Waals surface area contributed by atoms with Crippen LogP contribution in [0.4, 0.5) is 14.6 Å². The molecule has 0 saturated carbocycles. The summed E-state index contributed by atoms with van der Waals surface area (Å²) in [6, 6.07) is 11.0. The Balaban J connectivity index is 1.69. The van der Waals surface area contributed by atoms with E-state index in [1.165, 1.54) is 13.2 Å². The first kappa shape index (κ1) is 21.4. The van der Waals surface area contributed by atoms with Crippen molar-refractivity contribution in [1.29, 1.82) is 0 Å².